The molecular formula is C21H24F3N3O3. The van der Waals surface area contributed by atoms with E-state index in [9.17, 15) is 18.0 Å². The lowest BCUT2D eigenvalue weighted by Gasteiger charge is -2.26. The second-order valence-corrected chi connectivity index (χ2v) is 7.63. The Morgan fingerprint density at radius 3 is 2.70 bits per heavy atom. The summed E-state index contributed by atoms with van der Waals surface area (Å²) in [6.07, 6.45) is -2.34. The molecule has 0 unspecified atom stereocenters. The van der Waals surface area contributed by atoms with Crippen LogP contribution < -0.4 is 0 Å². The monoisotopic (exact) mass is 423 g/mol. The van der Waals surface area contributed by atoms with Gasteiger partial charge in [-0.05, 0) is 30.0 Å². The lowest BCUT2D eigenvalue weighted by molar-refractivity contribution is -0.192. The molecule has 2 aliphatic rings. The predicted molar refractivity (Wildman–Crippen MR) is 103 cm³/mol. The van der Waals surface area contributed by atoms with Crippen molar-refractivity contribution in [2.45, 2.75) is 26.1 Å². The third-order valence-electron chi connectivity index (χ3n) is 5.58. The SMILES string of the molecule is C=CCN1CC[C@]2(CN(Cc3cccc(C#N)c3)C[C@H]2C)C1=O.O=C(O)C(F)(F)F. The average Bonchev–Trinajstić information content (AvgIpc) is 3.16. The molecule has 2 fully saturated rings. The minimum atomic E-state index is -5.08. The van der Waals surface area contributed by atoms with Crippen LogP contribution in [-0.4, -0.2) is 59.1 Å². The lowest BCUT2D eigenvalue weighted by Crippen LogP contribution is -2.39. The second-order valence-electron chi connectivity index (χ2n) is 7.63. The third kappa shape index (κ3) is 5.19. The van der Waals surface area contributed by atoms with Crippen LogP contribution in [0.5, 0.6) is 0 Å². The largest absolute Gasteiger partial charge is 0.490 e. The van der Waals surface area contributed by atoms with Gasteiger partial charge >= 0.3 is 12.1 Å². The molecule has 30 heavy (non-hydrogen) atoms. The number of hydrogen-bond acceptors (Lipinski definition) is 4. The van der Waals surface area contributed by atoms with Crippen molar-refractivity contribution >= 4 is 11.9 Å². The van der Waals surface area contributed by atoms with Gasteiger partial charge < -0.3 is 10.0 Å². The van der Waals surface area contributed by atoms with Gasteiger partial charge in [0.25, 0.3) is 0 Å². The van der Waals surface area contributed by atoms with Gasteiger partial charge in [-0.2, -0.15) is 18.4 Å². The van der Waals surface area contributed by atoms with Crippen LogP contribution in [0.1, 0.15) is 24.5 Å². The molecule has 3 rings (SSSR count). The Kier molecular flexibility index (Phi) is 7.26. The standard InChI is InChI=1S/C19H23N3O.C2HF3O2/c1-3-8-22-9-7-19(18(22)23)14-21(12-15(19)2)13-17-6-4-5-16(10-17)11-20;3-2(4,5)1(6)7/h3-6,10,15H,1,7-9,12-14H2,2H3;(H,6,7)/t15-,19-;/m1./s1. The van der Waals surface area contributed by atoms with Gasteiger partial charge in [0, 0.05) is 32.7 Å². The van der Waals surface area contributed by atoms with Crippen molar-refractivity contribution < 1.29 is 27.9 Å². The predicted octanol–water partition coefficient (Wildman–Crippen LogP) is 3.05. The van der Waals surface area contributed by atoms with Crippen molar-refractivity contribution in [3.63, 3.8) is 0 Å². The molecular weight excluding hydrogens is 399 g/mol. The van der Waals surface area contributed by atoms with Crippen molar-refractivity contribution in [1.82, 2.24) is 9.80 Å². The second kappa shape index (κ2) is 9.30. The van der Waals surface area contributed by atoms with Gasteiger partial charge in [0.2, 0.25) is 5.91 Å². The summed E-state index contributed by atoms with van der Waals surface area (Å²) in [5.41, 5.74) is 1.61. The Labute approximate surface area is 173 Å². The van der Waals surface area contributed by atoms with Crippen LogP contribution in [0, 0.1) is 22.7 Å². The van der Waals surface area contributed by atoms with E-state index in [2.05, 4.69) is 30.5 Å². The Morgan fingerprint density at radius 1 is 1.47 bits per heavy atom. The Morgan fingerprint density at radius 2 is 2.13 bits per heavy atom. The van der Waals surface area contributed by atoms with Gasteiger partial charge in [0.05, 0.1) is 17.0 Å². The summed E-state index contributed by atoms with van der Waals surface area (Å²) in [6.45, 7) is 9.99. The van der Waals surface area contributed by atoms with Gasteiger partial charge in [-0.25, -0.2) is 4.79 Å². The molecule has 9 heteroatoms. The van der Waals surface area contributed by atoms with Crippen molar-refractivity contribution in [2.75, 3.05) is 26.2 Å². The molecule has 1 amide bonds. The number of carbonyl (C=O) groups is 2. The molecule has 6 nitrogen and oxygen atoms in total. The van der Waals surface area contributed by atoms with Gasteiger partial charge in [-0.15, -0.1) is 6.58 Å². The molecule has 1 N–H and O–H groups in total. The van der Waals surface area contributed by atoms with Crippen LogP contribution in [0.2, 0.25) is 0 Å². The highest BCUT2D eigenvalue weighted by atomic mass is 19.4. The summed E-state index contributed by atoms with van der Waals surface area (Å²) >= 11 is 0. The molecule has 1 aromatic rings. The zero-order valence-electron chi connectivity index (χ0n) is 16.7. The number of amides is 1. The fraction of sp³-hybridized carbons (Fsp3) is 0.476. The van der Waals surface area contributed by atoms with E-state index in [-0.39, 0.29) is 11.3 Å². The number of benzene rings is 1. The van der Waals surface area contributed by atoms with Crippen molar-refractivity contribution in [1.29, 1.82) is 5.26 Å². The van der Waals surface area contributed by atoms with Crippen LogP contribution >= 0.6 is 0 Å². The number of carboxylic acids is 1. The molecule has 0 radical (unpaired) electrons. The summed E-state index contributed by atoms with van der Waals surface area (Å²) in [4.78, 5) is 26.0. The first kappa shape index (κ1) is 23.4. The summed E-state index contributed by atoms with van der Waals surface area (Å²) < 4.78 is 31.7. The molecule has 1 spiro atoms. The quantitative estimate of drug-likeness (QED) is 0.753. The number of nitriles is 1. The van der Waals surface area contributed by atoms with E-state index in [1.165, 1.54) is 0 Å². The Bertz CT molecular complexity index is 850. The number of halogens is 3. The number of alkyl halides is 3. The smallest absolute Gasteiger partial charge is 0.475 e. The van der Waals surface area contributed by atoms with Crippen LogP contribution in [-0.2, 0) is 16.1 Å². The number of rotatable bonds is 4. The van der Waals surface area contributed by atoms with E-state index in [1.54, 1.807) is 0 Å². The van der Waals surface area contributed by atoms with Crippen molar-refractivity contribution in [3.8, 4) is 6.07 Å². The molecule has 0 aliphatic carbocycles. The molecule has 0 aromatic heterocycles. The van der Waals surface area contributed by atoms with Crippen molar-refractivity contribution in [3.05, 3.63) is 48.0 Å². The molecule has 0 bridgehead atoms. The normalized spacial score (nSPS) is 23.8. The molecule has 2 aliphatic heterocycles. The summed E-state index contributed by atoms with van der Waals surface area (Å²) in [5, 5.41) is 16.1. The molecule has 1 aromatic carbocycles. The third-order valence-corrected chi connectivity index (χ3v) is 5.58. The fourth-order valence-corrected chi connectivity index (χ4v) is 4.09. The molecule has 2 atom stereocenters. The van der Waals surface area contributed by atoms with Crippen LogP contribution in [0.15, 0.2) is 36.9 Å². The Balaban J connectivity index is 0.000000396. The van der Waals surface area contributed by atoms with Crippen LogP contribution in [0.3, 0.4) is 0 Å². The van der Waals surface area contributed by atoms with E-state index in [1.807, 2.05) is 29.2 Å². The summed E-state index contributed by atoms with van der Waals surface area (Å²) in [7, 11) is 0. The summed E-state index contributed by atoms with van der Waals surface area (Å²) in [6, 6.07) is 9.93. The minimum absolute atomic E-state index is 0.226. The van der Waals surface area contributed by atoms with E-state index < -0.39 is 12.1 Å². The van der Waals surface area contributed by atoms with E-state index >= 15 is 0 Å². The Hall–Kier alpha value is -2.86. The maximum Gasteiger partial charge on any atom is 0.490 e. The van der Waals surface area contributed by atoms with Gasteiger partial charge in [-0.1, -0.05) is 25.1 Å². The first-order valence-corrected chi connectivity index (χ1v) is 9.45. The highest BCUT2D eigenvalue weighted by molar-refractivity contribution is 5.86. The molecule has 0 saturated carbocycles. The molecule has 162 valence electrons. The molecule has 2 heterocycles. The number of nitrogens with zero attached hydrogens (tertiary/aromatic N) is 3. The zero-order valence-corrected chi connectivity index (χ0v) is 16.7. The van der Waals surface area contributed by atoms with Gasteiger partial charge in [0.15, 0.2) is 0 Å². The first-order chi connectivity index (χ1) is 14.0. The highest BCUT2D eigenvalue weighted by Gasteiger charge is 2.54. The number of likely N-dealkylation sites (tertiary alicyclic amines) is 2. The number of carbonyl (C=O) groups excluding carboxylic acids is 1. The maximum absolute atomic E-state index is 12.8. The summed E-state index contributed by atoms with van der Waals surface area (Å²) in [5.74, 6) is -2.10. The van der Waals surface area contributed by atoms with Crippen LogP contribution in [0.4, 0.5) is 13.2 Å². The van der Waals surface area contributed by atoms with E-state index in [4.69, 9.17) is 15.2 Å². The van der Waals surface area contributed by atoms with E-state index in [0.717, 1.165) is 38.2 Å². The first-order valence-electron chi connectivity index (χ1n) is 9.45. The number of hydrogen-bond donors (Lipinski definition) is 1. The van der Waals surface area contributed by atoms with Gasteiger partial charge in [0.1, 0.15) is 0 Å². The lowest BCUT2D eigenvalue weighted by atomic mass is 9.78. The molecule has 2 saturated heterocycles. The van der Waals surface area contributed by atoms with Crippen molar-refractivity contribution in [2.24, 2.45) is 11.3 Å². The van der Waals surface area contributed by atoms with Crippen LogP contribution in [0.25, 0.3) is 0 Å². The topological polar surface area (TPSA) is 84.6 Å². The number of aliphatic carboxylic acids is 1. The van der Waals surface area contributed by atoms with E-state index in [0.29, 0.717) is 18.0 Å². The highest BCUT2D eigenvalue weighted by Crippen LogP contribution is 2.45. The average molecular weight is 423 g/mol. The maximum atomic E-state index is 12.8. The van der Waals surface area contributed by atoms with Gasteiger partial charge in [-0.3, -0.25) is 9.69 Å². The fourth-order valence-electron chi connectivity index (χ4n) is 4.09. The zero-order chi connectivity index (χ0) is 22.5. The minimum Gasteiger partial charge on any atom is -0.475 e. The number of carboxylic acid groups (broad SMARTS) is 1.